The van der Waals surface area contributed by atoms with Crippen molar-refractivity contribution < 1.29 is 18.4 Å². The number of benzene rings is 2. The van der Waals surface area contributed by atoms with Gasteiger partial charge in [0.1, 0.15) is 22.7 Å². The van der Waals surface area contributed by atoms with Crippen molar-refractivity contribution in [2.75, 3.05) is 6.61 Å². The summed E-state index contributed by atoms with van der Waals surface area (Å²) < 4.78 is 24.3. The Kier molecular flexibility index (Phi) is 5.38. The molecule has 7 nitrogen and oxygen atoms in total. The van der Waals surface area contributed by atoms with Crippen molar-refractivity contribution in [1.82, 2.24) is 20.4 Å². The van der Waals surface area contributed by atoms with Crippen LogP contribution in [0.25, 0.3) is 22.4 Å². The molecule has 0 aliphatic carbocycles. The molecule has 1 atom stereocenters. The number of ether oxygens (including phenoxy) is 1. The number of rotatable bonds is 6. The molecule has 4 aromatic rings. The molecule has 1 amide bonds. The normalized spacial score (nSPS) is 12.0. The van der Waals surface area contributed by atoms with Crippen molar-refractivity contribution in [3.05, 3.63) is 71.8 Å². The van der Waals surface area contributed by atoms with Crippen LogP contribution in [0.5, 0.6) is 5.88 Å². The second-order valence-corrected chi connectivity index (χ2v) is 6.78. The Bertz CT molecular complexity index is 1180. The number of nitrogens with zero attached hydrogens (tertiary/aromatic N) is 3. The van der Waals surface area contributed by atoms with E-state index >= 15 is 0 Å². The average Bonchev–Trinajstić information content (AvgIpc) is 3.17. The molecular formula is C22H19FN4O3. The van der Waals surface area contributed by atoms with Gasteiger partial charge in [0, 0.05) is 5.56 Å². The number of hydrogen-bond donors (Lipinski definition) is 1. The summed E-state index contributed by atoms with van der Waals surface area (Å²) in [5.41, 5.74) is 2.26. The van der Waals surface area contributed by atoms with Gasteiger partial charge in [0.15, 0.2) is 6.61 Å². The average molecular weight is 406 g/mol. The summed E-state index contributed by atoms with van der Waals surface area (Å²) in [6.45, 7) is 3.34. The van der Waals surface area contributed by atoms with E-state index in [0.717, 1.165) is 5.56 Å². The van der Waals surface area contributed by atoms with E-state index in [1.807, 2.05) is 37.3 Å². The number of carbonyl (C=O) groups is 1. The summed E-state index contributed by atoms with van der Waals surface area (Å²) in [5.74, 6) is -0.0622. The Labute approximate surface area is 171 Å². The highest BCUT2D eigenvalue weighted by molar-refractivity contribution is 5.93. The second-order valence-electron chi connectivity index (χ2n) is 6.78. The fourth-order valence-electron chi connectivity index (χ4n) is 3.08. The first-order valence-corrected chi connectivity index (χ1v) is 9.38. The monoisotopic (exact) mass is 406 g/mol. The number of carbonyl (C=O) groups excluding carboxylic acids is 1. The van der Waals surface area contributed by atoms with E-state index in [-0.39, 0.29) is 36.0 Å². The molecule has 1 N–H and O–H groups in total. The summed E-state index contributed by atoms with van der Waals surface area (Å²) in [4.78, 5) is 20.9. The molecular weight excluding hydrogens is 387 g/mol. The summed E-state index contributed by atoms with van der Waals surface area (Å²) in [6, 6.07) is 15.3. The molecule has 0 saturated carbocycles. The summed E-state index contributed by atoms with van der Waals surface area (Å²) in [6.07, 6.45) is 0. The minimum absolute atomic E-state index is 0.167. The molecule has 0 bridgehead atoms. The summed E-state index contributed by atoms with van der Waals surface area (Å²) in [7, 11) is 0. The number of halogens is 1. The maximum Gasteiger partial charge on any atom is 0.265 e. The Morgan fingerprint density at radius 1 is 1.13 bits per heavy atom. The second kappa shape index (κ2) is 8.28. The van der Waals surface area contributed by atoms with Crippen LogP contribution in [0, 0.1) is 12.7 Å². The summed E-state index contributed by atoms with van der Waals surface area (Å²) >= 11 is 0. The molecule has 1 unspecified atom stereocenters. The lowest BCUT2D eigenvalue weighted by atomic mass is 10.1. The fraction of sp³-hybridized carbons (Fsp3) is 0.182. The first-order chi connectivity index (χ1) is 14.5. The van der Waals surface area contributed by atoms with Gasteiger partial charge < -0.3 is 14.6 Å². The zero-order chi connectivity index (χ0) is 21.1. The van der Waals surface area contributed by atoms with Gasteiger partial charge in [-0.1, -0.05) is 35.5 Å². The molecule has 2 aromatic carbocycles. The molecule has 2 aromatic heterocycles. The lowest BCUT2D eigenvalue weighted by Crippen LogP contribution is -2.31. The van der Waals surface area contributed by atoms with Crippen molar-refractivity contribution in [2.24, 2.45) is 0 Å². The van der Waals surface area contributed by atoms with E-state index in [2.05, 4.69) is 20.4 Å². The zero-order valence-corrected chi connectivity index (χ0v) is 16.4. The van der Waals surface area contributed by atoms with Gasteiger partial charge in [-0.3, -0.25) is 4.79 Å². The van der Waals surface area contributed by atoms with E-state index in [1.165, 1.54) is 12.1 Å². The molecule has 8 heteroatoms. The third kappa shape index (κ3) is 4.12. The van der Waals surface area contributed by atoms with Gasteiger partial charge >= 0.3 is 0 Å². The van der Waals surface area contributed by atoms with Crippen molar-refractivity contribution >= 4 is 17.0 Å². The largest absolute Gasteiger partial charge is 0.467 e. The van der Waals surface area contributed by atoms with E-state index < -0.39 is 0 Å². The van der Waals surface area contributed by atoms with Crippen molar-refractivity contribution in [3.8, 4) is 17.1 Å². The lowest BCUT2D eigenvalue weighted by molar-refractivity contribution is -0.123. The number of aromatic nitrogens is 3. The van der Waals surface area contributed by atoms with Crippen LogP contribution >= 0.6 is 0 Å². The number of nitrogens with one attached hydrogen (secondary N) is 1. The van der Waals surface area contributed by atoms with Gasteiger partial charge in [0.2, 0.25) is 5.88 Å². The van der Waals surface area contributed by atoms with E-state index in [1.54, 1.807) is 19.1 Å². The molecule has 0 aliphatic heterocycles. The Morgan fingerprint density at radius 2 is 1.87 bits per heavy atom. The molecule has 0 spiro atoms. The number of aryl methyl sites for hydroxylation is 1. The number of amides is 1. The minimum atomic E-state index is -0.362. The van der Waals surface area contributed by atoms with Gasteiger partial charge in [-0.15, -0.1) is 0 Å². The van der Waals surface area contributed by atoms with Crippen LogP contribution in [-0.4, -0.2) is 27.6 Å². The summed E-state index contributed by atoms with van der Waals surface area (Å²) in [5, 5.41) is 7.35. The Morgan fingerprint density at radius 3 is 2.60 bits per heavy atom. The van der Waals surface area contributed by atoms with Gasteiger partial charge in [0.05, 0.1) is 6.04 Å². The third-order valence-electron chi connectivity index (χ3n) is 4.55. The first-order valence-electron chi connectivity index (χ1n) is 9.38. The van der Waals surface area contributed by atoms with Crippen LogP contribution in [0.15, 0.2) is 59.1 Å². The topological polar surface area (TPSA) is 90.1 Å². The lowest BCUT2D eigenvalue weighted by Gasteiger charge is -2.14. The van der Waals surface area contributed by atoms with E-state index in [0.29, 0.717) is 22.5 Å². The first kappa shape index (κ1) is 19.5. The SMILES string of the molecule is Cc1nc(OCC(=O)NC(C)c2ccccc2)c2c(-c3ccc(F)cc3)noc2n1. The van der Waals surface area contributed by atoms with Crippen LogP contribution < -0.4 is 10.1 Å². The smallest absolute Gasteiger partial charge is 0.265 e. The highest BCUT2D eigenvalue weighted by Crippen LogP contribution is 2.33. The highest BCUT2D eigenvalue weighted by atomic mass is 19.1. The van der Waals surface area contributed by atoms with Gasteiger partial charge in [-0.25, -0.2) is 4.39 Å². The van der Waals surface area contributed by atoms with E-state index in [9.17, 15) is 9.18 Å². The number of hydrogen-bond acceptors (Lipinski definition) is 6. The predicted molar refractivity (Wildman–Crippen MR) is 108 cm³/mol. The van der Waals surface area contributed by atoms with Gasteiger partial charge in [-0.2, -0.15) is 9.97 Å². The molecule has 4 rings (SSSR count). The zero-order valence-electron chi connectivity index (χ0n) is 16.4. The molecule has 0 radical (unpaired) electrons. The Hall–Kier alpha value is -3.81. The quantitative estimate of drug-likeness (QED) is 0.521. The maximum absolute atomic E-state index is 13.3. The van der Waals surface area contributed by atoms with Crippen molar-refractivity contribution in [3.63, 3.8) is 0 Å². The van der Waals surface area contributed by atoms with Gasteiger partial charge in [-0.05, 0) is 43.7 Å². The van der Waals surface area contributed by atoms with Crippen LogP contribution in [-0.2, 0) is 4.79 Å². The molecule has 0 aliphatic rings. The van der Waals surface area contributed by atoms with Gasteiger partial charge in [0.25, 0.3) is 11.6 Å². The van der Waals surface area contributed by atoms with Crippen LogP contribution in [0.2, 0.25) is 0 Å². The van der Waals surface area contributed by atoms with Crippen LogP contribution in [0.4, 0.5) is 4.39 Å². The standard InChI is InChI=1S/C22H19FN4O3/c1-13(15-6-4-3-5-7-15)24-18(28)12-29-21-19-20(16-8-10-17(23)11-9-16)27-30-22(19)26-14(2)25-21/h3-11,13H,12H2,1-2H3,(H,24,28). The third-order valence-corrected chi connectivity index (χ3v) is 4.55. The molecule has 30 heavy (non-hydrogen) atoms. The van der Waals surface area contributed by atoms with Crippen LogP contribution in [0.1, 0.15) is 24.4 Å². The maximum atomic E-state index is 13.3. The predicted octanol–water partition coefficient (Wildman–Crippen LogP) is 3.99. The van der Waals surface area contributed by atoms with E-state index in [4.69, 9.17) is 9.26 Å². The Balaban J connectivity index is 1.55. The van der Waals surface area contributed by atoms with Crippen molar-refractivity contribution in [1.29, 1.82) is 0 Å². The fourth-order valence-corrected chi connectivity index (χ4v) is 3.08. The van der Waals surface area contributed by atoms with Crippen LogP contribution in [0.3, 0.4) is 0 Å². The molecule has 152 valence electrons. The molecule has 0 saturated heterocycles. The molecule has 0 fully saturated rings. The molecule has 2 heterocycles. The minimum Gasteiger partial charge on any atom is -0.467 e. The van der Waals surface area contributed by atoms with Crippen molar-refractivity contribution in [2.45, 2.75) is 19.9 Å². The number of fused-ring (bicyclic) bond motifs is 1. The highest BCUT2D eigenvalue weighted by Gasteiger charge is 2.20.